The lowest BCUT2D eigenvalue weighted by molar-refractivity contribution is -0.121. The molecule has 1 saturated heterocycles. The van der Waals surface area contributed by atoms with Crippen LogP contribution in [0.5, 0.6) is 11.5 Å². The maximum atomic E-state index is 12.2. The standard InChI is InChI=1S/C21H21NO3S2/c1-15(13-24-17-9-4-3-5-10-17)14-25-18-11-7-6-8-16(18)12-19-20(23)22(2)21(26)27-19/h3-12,15H,13-14H2,1-2H3/b19-12-. The molecule has 0 aromatic heterocycles. The third-order valence-electron chi connectivity index (χ3n) is 3.99. The van der Waals surface area contributed by atoms with Crippen LogP contribution in [0.4, 0.5) is 0 Å². The van der Waals surface area contributed by atoms with E-state index in [0.29, 0.717) is 22.4 Å². The Kier molecular flexibility index (Phi) is 6.53. The molecule has 140 valence electrons. The summed E-state index contributed by atoms with van der Waals surface area (Å²) in [6.45, 7) is 3.17. The number of para-hydroxylation sites is 2. The van der Waals surface area contributed by atoms with Crippen LogP contribution in [0.15, 0.2) is 59.5 Å². The van der Waals surface area contributed by atoms with Gasteiger partial charge in [-0.3, -0.25) is 9.69 Å². The minimum atomic E-state index is -0.0792. The Morgan fingerprint density at radius 2 is 1.74 bits per heavy atom. The van der Waals surface area contributed by atoms with Crippen molar-refractivity contribution in [2.45, 2.75) is 6.92 Å². The summed E-state index contributed by atoms with van der Waals surface area (Å²) >= 11 is 6.49. The van der Waals surface area contributed by atoms with Gasteiger partial charge >= 0.3 is 0 Å². The highest BCUT2D eigenvalue weighted by Gasteiger charge is 2.28. The monoisotopic (exact) mass is 399 g/mol. The van der Waals surface area contributed by atoms with Crippen molar-refractivity contribution in [3.05, 3.63) is 65.1 Å². The number of amides is 1. The number of nitrogens with zero attached hydrogens (tertiary/aromatic N) is 1. The molecule has 1 atom stereocenters. The Morgan fingerprint density at radius 1 is 1.07 bits per heavy atom. The summed E-state index contributed by atoms with van der Waals surface area (Å²) in [5.74, 6) is 1.73. The summed E-state index contributed by atoms with van der Waals surface area (Å²) in [6.07, 6.45) is 1.84. The molecule has 0 N–H and O–H groups in total. The molecule has 1 aliphatic heterocycles. The van der Waals surface area contributed by atoms with Gasteiger partial charge in [0, 0.05) is 18.5 Å². The van der Waals surface area contributed by atoms with Gasteiger partial charge in [-0.1, -0.05) is 67.3 Å². The molecule has 0 bridgehead atoms. The summed E-state index contributed by atoms with van der Waals surface area (Å²) in [5, 5.41) is 0. The van der Waals surface area contributed by atoms with Crippen LogP contribution in [-0.2, 0) is 4.79 Å². The van der Waals surface area contributed by atoms with Crippen LogP contribution in [0, 0.1) is 5.92 Å². The number of hydrogen-bond acceptors (Lipinski definition) is 5. The van der Waals surface area contributed by atoms with Gasteiger partial charge in [0.1, 0.15) is 15.8 Å². The first kappa shape index (κ1) is 19.5. The highest BCUT2D eigenvalue weighted by Crippen LogP contribution is 2.33. The molecule has 1 fully saturated rings. The van der Waals surface area contributed by atoms with Gasteiger partial charge in [-0.15, -0.1) is 0 Å². The van der Waals surface area contributed by atoms with E-state index in [1.165, 1.54) is 16.7 Å². The highest BCUT2D eigenvalue weighted by molar-refractivity contribution is 8.26. The molecule has 1 amide bonds. The summed E-state index contributed by atoms with van der Waals surface area (Å²) in [5.41, 5.74) is 0.864. The summed E-state index contributed by atoms with van der Waals surface area (Å²) in [6, 6.07) is 17.4. The molecule has 1 unspecified atom stereocenters. The van der Waals surface area contributed by atoms with Crippen LogP contribution >= 0.6 is 24.0 Å². The zero-order chi connectivity index (χ0) is 19.2. The number of rotatable bonds is 7. The average molecular weight is 400 g/mol. The van der Waals surface area contributed by atoms with E-state index in [1.54, 1.807) is 7.05 Å². The Balaban J connectivity index is 1.61. The maximum absolute atomic E-state index is 12.2. The van der Waals surface area contributed by atoms with Gasteiger partial charge in [0.25, 0.3) is 5.91 Å². The molecule has 0 saturated carbocycles. The van der Waals surface area contributed by atoms with Gasteiger partial charge in [-0.2, -0.15) is 0 Å². The normalized spacial score (nSPS) is 16.7. The van der Waals surface area contributed by atoms with E-state index in [1.807, 2.05) is 60.7 Å². The smallest absolute Gasteiger partial charge is 0.265 e. The second-order valence-electron chi connectivity index (χ2n) is 6.32. The van der Waals surface area contributed by atoms with E-state index < -0.39 is 0 Å². The molecule has 2 aromatic rings. The zero-order valence-corrected chi connectivity index (χ0v) is 16.9. The third-order valence-corrected chi connectivity index (χ3v) is 5.48. The second-order valence-corrected chi connectivity index (χ2v) is 7.99. The predicted octanol–water partition coefficient (Wildman–Crippen LogP) is 4.61. The molecule has 0 radical (unpaired) electrons. The number of carbonyl (C=O) groups excluding carboxylic acids is 1. The Hall–Kier alpha value is -2.31. The third kappa shape index (κ3) is 5.11. The van der Waals surface area contributed by atoms with Gasteiger partial charge in [-0.05, 0) is 24.3 Å². The number of thiocarbonyl (C=S) groups is 1. The zero-order valence-electron chi connectivity index (χ0n) is 15.3. The molecule has 2 aromatic carbocycles. The number of benzene rings is 2. The first-order valence-electron chi connectivity index (χ1n) is 8.66. The molecule has 0 spiro atoms. The first-order valence-corrected chi connectivity index (χ1v) is 9.88. The van der Waals surface area contributed by atoms with Crippen molar-refractivity contribution in [2.24, 2.45) is 5.92 Å². The predicted molar refractivity (Wildman–Crippen MR) is 114 cm³/mol. The van der Waals surface area contributed by atoms with Crippen molar-refractivity contribution in [1.82, 2.24) is 4.90 Å². The van der Waals surface area contributed by atoms with Crippen LogP contribution in [0.3, 0.4) is 0 Å². The molecule has 0 aliphatic carbocycles. The Bertz CT molecular complexity index is 852. The van der Waals surface area contributed by atoms with Crippen LogP contribution in [0.2, 0.25) is 0 Å². The van der Waals surface area contributed by atoms with Gasteiger partial charge in [0.15, 0.2) is 0 Å². The average Bonchev–Trinajstić information content (AvgIpc) is 2.93. The lowest BCUT2D eigenvalue weighted by Crippen LogP contribution is -2.22. The summed E-state index contributed by atoms with van der Waals surface area (Å²) in [4.78, 5) is 14.3. The van der Waals surface area contributed by atoms with E-state index in [9.17, 15) is 4.79 Å². The van der Waals surface area contributed by atoms with E-state index in [4.69, 9.17) is 21.7 Å². The molecule has 3 rings (SSSR count). The van der Waals surface area contributed by atoms with Gasteiger partial charge in [0.05, 0.1) is 18.1 Å². The highest BCUT2D eigenvalue weighted by atomic mass is 32.2. The number of carbonyl (C=O) groups is 1. The largest absolute Gasteiger partial charge is 0.493 e. The van der Waals surface area contributed by atoms with Crippen molar-refractivity contribution in [3.63, 3.8) is 0 Å². The Morgan fingerprint density at radius 3 is 2.44 bits per heavy atom. The van der Waals surface area contributed by atoms with E-state index in [2.05, 4.69) is 6.92 Å². The van der Waals surface area contributed by atoms with Gasteiger partial charge in [-0.25, -0.2) is 0 Å². The molecule has 1 heterocycles. The first-order chi connectivity index (χ1) is 13.0. The van der Waals surface area contributed by atoms with Crippen molar-refractivity contribution in [2.75, 3.05) is 20.3 Å². The number of likely N-dealkylation sites (N-methyl/N-ethyl adjacent to an activating group) is 1. The van der Waals surface area contributed by atoms with Gasteiger partial charge < -0.3 is 9.47 Å². The molecule has 4 nitrogen and oxygen atoms in total. The minimum Gasteiger partial charge on any atom is -0.493 e. The van der Waals surface area contributed by atoms with Crippen LogP contribution < -0.4 is 9.47 Å². The number of hydrogen-bond donors (Lipinski definition) is 0. The van der Waals surface area contributed by atoms with E-state index in [-0.39, 0.29) is 11.8 Å². The fraction of sp³-hybridized carbons (Fsp3) is 0.238. The molecular formula is C21H21NO3S2. The molecule has 1 aliphatic rings. The lowest BCUT2D eigenvalue weighted by Gasteiger charge is -2.15. The quantitative estimate of drug-likeness (QED) is 0.502. The molecule has 27 heavy (non-hydrogen) atoms. The fourth-order valence-corrected chi connectivity index (χ4v) is 3.62. The maximum Gasteiger partial charge on any atom is 0.265 e. The molecule has 6 heteroatoms. The number of thioether (sulfide) groups is 1. The van der Waals surface area contributed by atoms with E-state index in [0.717, 1.165) is 17.1 Å². The second kappa shape index (κ2) is 9.06. The SMILES string of the molecule is CC(COc1ccccc1)COc1ccccc1/C=C1\SC(=S)N(C)C1=O. The molecular weight excluding hydrogens is 378 g/mol. The van der Waals surface area contributed by atoms with Crippen LogP contribution in [0.1, 0.15) is 12.5 Å². The van der Waals surface area contributed by atoms with Gasteiger partial charge in [0.2, 0.25) is 0 Å². The summed E-state index contributed by atoms with van der Waals surface area (Å²) < 4.78 is 12.3. The van der Waals surface area contributed by atoms with Crippen molar-refractivity contribution in [1.29, 1.82) is 0 Å². The summed E-state index contributed by atoms with van der Waals surface area (Å²) in [7, 11) is 1.69. The lowest BCUT2D eigenvalue weighted by atomic mass is 10.1. The topological polar surface area (TPSA) is 38.8 Å². The van der Waals surface area contributed by atoms with E-state index >= 15 is 0 Å². The fourth-order valence-electron chi connectivity index (χ4n) is 2.45. The minimum absolute atomic E-state index is 0.0792. The van der Waals surface area contributed by atoms with Crippen molar-refractivity contribution < 1.29 is 14.3 Å². The van der Waals surface area contributed by atoms with Crippen molar-refractivity contribution in [3.8, 4) is 11.5 Å². The van der Waals surface area contributed by atoms with Crippen molar-refractivity contribution >= 4 is 40.3 Å². The van der Waals surface area contributed by atoms with Crippen LogP contribution in [-0.4, -0.2) is 35.4 Å². The number of ether oxygens (including phenoxy) is 2. The van der Waals surface area contributed by atoms with Crippen LogP contribution in [0.25, 0.3) is 6.08 Å². The Labute approximate surface area is 169 Å².